The maximum absolute atomic E-state index is 4.75. The highest BCUT2D eigenvalue weighted by molar-refractivity contribution is 5.19. The average molecular weight is 97.1 g/mol. The molecule has 1 radical (unpaired) electrons. The Labute approximate surface area is 44.0 Å². The van der Waals surface area contributed by atoms with E-state index in [0.29, 0.717) is 0 Å². The topological polar surface area (TPSA) is 9.23 Å². The van der Waals surface area contributed by atoms with Crippen molar-refractivity contribution in [1.82, 2.24) is 0 Å². The van der Waals surface area contributed by atoms with E-state index in [0.717, 1.165) is 0 Å². The summed E-state index contributed by atoms with van der Waals surface area (Å²) in [6, 6.07) is 0. The molecule has 39 valence electrons. The molecule has 1 aliphatic rings. The summed E-state index contributed by atoms with van der Waals surface area (Å²) in [6.45, 7) is 0. The van der Waals surface area contributed by atoms with Gasteiger partial charge in [-0.1, -0.05) is 0 Å². The van der Waals surface area contributed by atoms with E-state index in [9.17, 15) is 0 Å². The van der Waals surface area contributed by atoms with Crippen LogP contribution in [0.3, 0.4) is 0 Å². The Bertz CT molecular complexity index is 78.2. The van der Waals surface area contributed by atoms with Crippen LogP contribution in [0.25, 0.3) is 0 Å². The molecule has 0 aromatic rings. The summed E-state index contributed by atoms with van der Waals surface area (Å²) in [5.41, 5.74) is 1.34. The first kappa shape index (κ1) is 4.69. The fourth-order valence-corrected chi connectivity index (χ4v) is 0.569. The van der Waals surface area contributed by atoms with Gasteiger partial charge in [0.15, 0.2) is 0 Å². The van der Waals surface area contributed by atoms with Gasteiger partial charge in [0.25, 0.3) is 0 Å². The highest BCUT2D eigenvalue weighted by Crippen LogP contribution is 2.23. The Morgan fingerprint density at radius 3 is 2.71 bits per heavy atom. The first-order valence-corrected chi connectivity index (χ1v) is 2.48. The molecule has 0 aromatic heterocycles. The van der Waals surface area contributed by atoms with Crippen LogP contribution < -0.4 is 0 Å². The van der Waals surface area contributed by atoms with Crippen molar-refractivity contribution in [3.05, 3.63) is 18.3 Å². The quantitative estimate of drug-likeness (QED) is 0.451. The molecule has 1 rings (SSSR count). The molecule has 1 nitrogen and oxygen atoms in total. The van der Waals surface area contributed by atoms with Gasteiger partial charge in [-0.05, 0) is 24.8 Å². The molecule has 0 aliphatic heterocycles. The number of rotatable bonds is 1. The number of methoxy groups -OCH3 is 1. The van der Waals surface area contributed by atoms with Gasteiger partial charge in [0, 0.05) is 0 Å². The molecular formula is C6H9O. The standard InChI is InChI=1S/C6H9O/c1-7-5-6-3-2-4-6/h3,5H,2,4H2,1H3. The van der Waals surface area contributed by atoms with Gasteiger partial charge < -0.3 is 4.74 Å². The second kappa shape index (κ2) is 2.01. The normalized spacial score (nSPS) is 24.4. The molecule has 0 unspecified atom stereocenters. The number of allylic oxidation sites excluding steroid dienone is 1. The summed E-state index contributed by atoms with van der Waals surface area (Å²) < 4.78 is 4.75. The van der Waals surface area contributed by atoms with Gasteiger partial charge in [0.2, 0.25) is 0 Å². The zero-order valence-corrected chi connectivity index (χ0v) is 4.48. The third kappa shape index (κ3) is 0.952. The molecule has 7 heavy (non-hydrogen) atoms. The first-order valence-electron chi connectivity index (χ1n) is 2.48. The maximum atomic E-state index is 4.75. The summed E-state index contributed by atoms with van der Waals surface area (Å²) >= 11 is 0. The minimum atomic E-state index is 1.20. The first-order chi connectivity index (χ1) is 3.43. The lowest BCUT2D eigenvalue weighted by atomic mass is 9.94. The molecule has 1 aliphatic carbocycles. The van der Waals surface area contributed by atoms with Gasteiger partial charge in [-0.2, -0.15) is 0 Å². The monoisotopic (exact) mass is 97.1 g/mol. The van der Waals surface area contributed by atoms with Crippen molar-refractivity contribution >= 4 is 0 Å². The summed E-state index contributed by atoms with van der Waals surface area (Å²) in [6.07, 6.45) is 6.40. The van der Waals surface area contributed by atoms with E-state index >= 15 is 0 Å². The van der Waals surface area contributed by atoms with Crippen LogP contribution in [0.1, 0.15) is 12.8 Å². The fraction of sp³-hybridized carbons (Fsp3) is 0.500. The van der Waals surface area contributed by atoms with Crippen molar-refractivity contribution in [2.75, 3.05) is 7.11 Å². The lowest BCUT2D eigenvalue weighted by Gasteiger charge is -2.13. The SMILES string of the molecule is COC=C1[CH]CC1. The highest BCUT2D eigenvalue weighted by Gasteiger charge is 2.07. The van der Waals surface area contributed by atoms with E-state index in [-0.39, 0.29) is 0 Å². The second-order valence-electron chi connectivity index (χ2n) is 1.67. The third-order valence-corrected chi connectivity index (χ3v) is 1.11. The number of ether oxygens (including phenoxy) is 1. The zero-order chi connectivity index (χ0) is 5.11. The molecule has 1 saturated carbocycles. The minimum Gasteiger partial charge on any atom is -0.504 e. The van der Waals surface area contributed by atoms with Crippen LogP contribution in [-0.2, 0) is 4.74 Å². The molecule has 0 atom stereocenters. The largest absolute Gasteiger partial charge is 0.504 e. The van der Waals surface area contributed by atoms with Crippen LogP contribution in [0.2, 0.25) is 0 Å². The minimum absolute atomic E-state index is 1.20. The van der Waals surface area contributed by atoms with E-state index in [1.165, 1.54) is 18.4 Å². The van der Waals surface area contributed by atoms with E-state index < -0.39 is 0 Å². The third-order valence-electron chi connectivity index (χ3n) is 1.11. The van der Waals surface area contributed by atoms with Gasteiger partial charge in [0.05, 0.1) is 13.4 Å². The summed E-state index contributed by atoms with van der Waals surface area (Å²) in [5, 5.41) is 0. The van der Waals surface area contributed by atoms with E-state index in [4.69, 9.17) is 4.74 Å². The zero-order valence-electron chi connectivity index (χ0n) is 4.48. The van der Waals surface area contributed by atoms with E-state index in [2.05, 4.69) is 6.42 Å². The lowest BCUT2D eigenvalue weighted by molar-refractivity contribution is 0.330. The molecule has 0 amide bonds. The van der Waals surface area contributed by atoms with Crippen LogP contribution in [0.4, 0.5) is 0 Å². The van der Waals surface area contributed by atoms with Crippen LogP contribution in [0.15, 0.2) is 11.8 Å². The predicted octanol–water partition coefficient (Wildman–Crippen LogP) is 1.51. The average Bonchev–Trinajstić information content (AvgIpc) is 1.55. The maximum Gasteiger partial charge on any atom is 0.0819 e. The molecular weight excluding hydrogens is 88.1 g/mol. The fourth-order valence-electron chi connectivity index (χ4n) is 0.569. The summed E-state index contributed by atoms with van der Waals surface area (Å²) in [7, 11) is 1.68. The summed E-state index contributed by atoms with van der Waals surface area (Å²) in [4.78, 5) is 0. The Balaban J connectivity index is 2.23. The molecule has 0 N–H and O–H groups in total. The van der Waals surface area contributed by atoms with Crippen molar-refractivity contribution in [3.63, 3.8) is 0 Å². The van der Waals surface area contributed by atoms with Gasteiger partial charge >= 0.3 is 0 Å². The van der Waals surface area contributed by atoms with Crippen LogP contribution in [0.5, 0.6) is 0 Å². The van der Waals surface area contributed by atoms with Crippen LogP contribution in [0, 0.1) is 6.42 Å². The Hall–Kier alpha value is -0.460. The van der Waals surface area contributed by atoms with Gasteiger partial charge in [-0.3, -0.25) is 0 Å². The van der Waals surface area contributed by atoms with Gasteiger partial charge in [0.1, 0.15) is 0 Å². The molecule has 1 fully saturated rings. The molecule has 0 bridgehead atoms. The van der Waals surface area contributed by atoms with Crippen molar-refractivity contribution in [3.8, 4) is 0 Å². The lowest BCUT2D eigenvalue weighted by Crippen LogP contribution is -1.97. The summed E-state index contributed by atoms with van der Waals surface area (Å²) in [5.74, 6) is 0. The number of hydrogen-bond acceptors (Lipinski definition) is 1. The molecule has 0 spiro atoms. The Kier molecular flexibility index (Phi) is 1.35. The van der Waals surface area contributed by atoms with Crippen molar-refractivity contribution in [1.29, 1.82) is 0 Å². The van der Waals surface area contributed by atoms with Gasteiger partial charge in [-0.15, -0.1) is 0 Å². The highest BCUT2D eigenvalue weighted by atomic mass is 16.5. The molecule has 1 heteroatoms. The van der Waals surface area contributed by atoms with E-state index in [1.54, 1.807) is 13.4 Å². The second-order valence-corrected chi connectivity index (χ2v) is 1.67. The predicted molar refractivity (Wildman–Crippen MR) is 28.6 cm³/mol. The molecule has 0 saturated heterocycles. The Morgan fingerprint density at radius 2 is 2.57 bits per heavy atom. The van der Waals surface area contributed by atoms with Gasteiger partial charge in [-0.25, -0.2) is 0 Å². The molecule has 0 aromatic carbocycles. The van der Waals surface area contributed by atoms with E-state index in [1.807, 2.05) is 0 Å². The number of hydrogen-bond donors (Lipinski definition) is 0. The van der Waals surface area contributed by atoms with Crippen LogP contribution in [-0.4, -0.2) is 7.11 Å². The smallest absolute Gasteiger partial charge is 0.0819 e. The van der Waals surface area contributed by atoms with Crippen molar-refractivity contribution in [2.45, 2.75) is 12.8 Å². The molecule has 0 heterocycles. The Morgan fingerprint density at radius 1 is 1.86 bits per heavy atom. The van der Waals surface area contributed by atoms with Crippen LogP contribution >= 0.6 is 0 Å². The van der Waals surface area contributed by atoms with Crippen molar-refractivity contribution < 1.29 is 4.74 Å². The van der Waals surface area contributed by atoms with Crippen molar-refractivity contribution in [2.24, 2.45) is 0 Å².